The molecule has 1 aliphatic carbocycles. The van der Waals surface area contributed by atoms with Gasteiger partial charge in [-0.1, -0.05) is 12.1 Å². The molecule has 31 heavy (non-hydrogen) atoms. The Balaban J connectivity index is 1.65. The van der Waals surface area contributed by atoms with Crippen molar-refractivity contribution in [2.75, 3.05) is 20.7 Å². The summed E-state index contributed by atoms with van der Waals surface area (Å²) in [4.78, 5) is 39.6. The Kier molecular flexibility index (Phi) is 7.37. The van der Waals surface area contributed by atoms with Crippen LogP contribution in [0.2, 0.25) is 0 Å². The van der Waals surface area contributed by atoms with Gasteiger partial charge in [-0.15, -0.1) is 0 Å². The number of nitrogens with zero attached hydrogens (tertiary/aromatic N) is 2. The van der Waals surface area contributed by atoms with E-state index >= 15 is 0 Å². The lowest BCUT2D eigenvalue weighted by molar-refractivity contribution is -0.133. The van der Waals surface area contributed by atoms with Crippen molar-refractivity contribution >= 4 is 17.9 Å². The molecular weight excluding hydrogens is 400 g/mol. The van der Waals surface area contributed by atoms with Crippen LogP contribution in [-0.2, 0) is 16.1 Å². The lowest BCUT2D eigenvalue weighted by Crippen LogP contribution is -2.58. The van der Waals surface area contributed by atoms with Gasteiger partial charge in [0.1, 0.15) is 11.8 Å². The number of hydrogen-bond acceptors (Lipinski definition) is 5. The van der Waals surface area contributed by atoms with E-state index in [9.17, 15) is 14.4 Å². The van der Waals surface area contributed by atoms with Crippen LogP contribution in [-0.4, -0.2) is 77.7 Å². The first-order valence-electron chi connectivity index (χ1n) is 10.7. The van der Waals surface area contributed by atoms with Gasteiger partial charge in [0.15, 0.2) is 0 Å². The average Bonchev–Trinajstić information content (AvgIpc) is 3.07. The van der Waals surface area contributed by atoms with E-state index in [-0.39, 0.29) is 29.9 Å². The highest BCUT2D eigenvalue weighted by atomic mass is 16.5. The van der Waals surface area contributed by atoms with Crippen molar-refractivity contribution in [2.45, 2.75) is 63.3 Å². The first-order chi connectivity index (χ1) is 14.8. The van der Waals surface area contributed by atoms with Gasteiger partial charge in [0.2, 0.25) is 11.8 Å². The average molecular weight is 433 g/mol. The quantitative estimate of drug-likeness (QED) is 0.601. The zero-order valence-electron chi connectivity index (χ0n) is 18.3. The van der Waals surface area contributed by atoms with Crippen molar-refractivity contribution in [2.24, 2.45) is 0 Å². The smallest absolute Gasteiger partial charge is 0.405 e. The van der Waals surface area contributed by atoms with Crippen LogP contribution in [0.1, 0.15) is 38.2 Å². The molecule has 1 aromatic rings. The number of methoxy groups -OCH3 is 1. The summed E-state index contributed by atoms with van der Waals surface area (Å²) in [7, 11) is 3.72. The van der Waals surface area contributed by atoms with E-state index in [1.54, 1.807) is 12.0 Å². The molecule has 2 fully saturated rings. The van der Waals surface area contributed by atoms with Crippen LogP contribution < -0.4 is 15.4 Å². The highest BCUT2D eigenvalue weighted by Gasteiger charge is 2.43. The van der Waals surface area contributed by atoms with E-state index in [0.717, 1.165) is 31.6 Å². The number of likely N-dealkylation sites (tertiary alicyclic amines) is 1. The van der Waals surface area contributed by atoms with Gasteiger partial charge in [-0.2, -0.15) is 0 Å². The topological polar surface area (TPSA) is 111 Å². The van der Waals surface area contributed by atoms with Crippen molar-refractivity contribution in [1.29, 1.82) is 0 Å². The van der Waals surface area contributed by atoms with E-state index in [4.69, 9.17) is 9.84 Å². The largest absolute Gasteiger partial charge is 0.497 e. The van der Waals surface area contributed by atoms with Crippen LogP contribution in [0, 0.1) is 0 Å². The fourth-order valence-corrected chi connectivity index (χ4v) is 4.78. The fraction of sp³-hybridized carbons (Fsp3) is 0.591. The summed E-state index contributed by atoms with van der Waals surface area (Å²) in [6.07, 6.45) is 1.65. The zero-order chi connectivity index (χ0) is 22.5. The Hall–Kier alpha value is -2.81. The van der Waals surface area contributed by atoms with Gasteiger partial charge in [0.05, 0.1) is 19.2 Å². The number of benzene rings is 1. The summed E-state index contributed by atoms with van der Waals surface area (Å²) >= 11 is 0. The summed E-state index contributed by atoms with van der Waals surface area (Å²) in [5.74, 6) is 0.497. The molecule has 4 atom stereocenters. The van der Waals surface area contributed by atoms with Crippen molar-refractivity contribution < 1.29 is 24.2 Å². The number of nitrogens with one attached hydrogen (secondary N) is 2. The molecule has 9 nitrogen and oxygen atoms in total. The van der Waals surface area contributed by atoms with Crippen LogP contribution in [0.25, 0.3) is 0 Å². The van der Waals surface area contributed by atoms with Crippen molar-refractivity contribution in [1.82, 2.24) is 20.4 Å². The molecule has 0 spiro atoms. The van der Waals surface area contributed by atoms with Crippen LogP contribution >= 0.6 is 0 Å². The molecule has 0 aromatic heterocycles. The minimum atomic E-state index is -1.19. The van der Waals surface area contributed by atoms with Gasteiger partial charge in [0.25, 0.3) is 0 Å². The maximum absolute atomic E-state index is 12.7. The molecule has 2 aliphatic rings. The van der Waals surface area contributed by atoms with Gasteiger partial charge in [0, 0.05) is 26.1 Å². The van der Waals surface area contributed by atoms with Crippen LogP contribution in [0.5, 0.6) is 5.75 Å². The monoisotopic (exact) mass is 432 g/mol. The first kappa shape index (κ1) is 22.9. The zero-order valence-corrected chi connectivity index (χ0v) is 18.3. The second kappa shape index (κ2) is 10.00. The molecule has 1 aliphatic heterocycles. The number of carbonyl (C=O) groups is 3. The fourth-order valence-electron chi connectivity index (χ4n) is 4.78. The second-order valence-electron chi connectivity index (χ2n) is 8.43. The van der Waals surface area contributed by atoms with Crippen LogP contribution in [0.15, 0.2) is 24.3 Å². The molecule has 1 saturated heterocycles. The van der Waals surface area contributed by atoms with Crippen LogP contribution in [0.3, 0.4) is 0 Å². The van der Waals surface area contributed by atoms with Crippen molar-refractivity contribution in [3.63, 3.8) is 0 Å². The lowest BCUT2D eigenvalue weighted by atomic mass is 9.84. The van der Waals surface area contributed by atoms with Gasteiger partial charge < -0.3 is 25.4 Å². The van der Waals surface area contributed by atoms with E-state index < -0.39 is 12.1 Å². The number of carboxylic acid groups (broad SMARTS) is 1. The minimum absolute atomic E-state index is 0.123. The lowest BCUT2D eigenvalue weighted by Gasteiger charge is -2.43. The summed E-state index contributed by atoms with van der Waals surface area (Å²) < 4.78 is 5.22. The molecule has 3 N–H and O–H groups in total. The highest BCUT2D eigenvalue weighted by molar-refractivity contribution is 5.87. The van der Waals surface area contributed by atoms with Crippen molar-refractivity contribution in [3.05, 3.63) is 29.8 Å². The Morgan fingerprint density at radius 2 is 1.90 bits per heavy atom. The number of carbonyl (C=O) groups excluding carboxylic acids is 2. The standard InChI is InChI=1S/C22H32N4O5/c1-14(27)23-19-12-16(25(2)13-15-4-7-17(31-3)8-5-15)6-9-20(19)26-11-10-18(21(26)28)24-22(29)30/h4-5,7-8,16,18-20,24H,6,9-13H2,1-3H3,(H,23,27)(H,29,30)/t16-,18+,19+,20+/m1/s1. The van der Waals surface area contributed by atoms with E-state index in [0.29, 0.717) is 13.0 Å². The van der Waals surface area contributed by atoms with Gasteiger partial charge in [-0.05, 0) is 50.4 Å². The Labute approximate surface area is 182 Å². The maximum atomic E-state index is 12.7. The third-order valence-electron chi connectivity index (χ3n) is 6.33. The molecule has 0 unspecified atom stereocenters. The summed E-state index contributed by atoms with van der Waals surface area (Å²) in [5, 5.41) is 14.3. The predicted octanol–water partition coefficient (Wildman–Crippen LogP) is 1.42. The number of amides is 3. The Morgan fingerprint density at radius 3 is 2.52 bits per heavy atom. The maximum Gasteiger partial charge on any atom is 0.405 e. The van der Waals surface area contributed by atoms with Gasteiger partial charge in [-0.3, -0.25) is 14.5 Å². The third-order valence-corrected chi connectivity index (χ3v) is 6.33. The van der Waals surface area contributed by atoms with E-state index in [1.807, 2.05) is 24.3 Å². The SMILES string of the molecule is COc1ccc(CN(C)[C@@H]2CC[C@H](N3CC[C@H](NC(=O)O)C3=O)[C@@H](NC(C)=O)C2)cc1. The highest BCUT2D eigenvalue weighted by Crippen LogP contribution is 2.30. The number of rotatable bonds is 7. The molecular formula is C22H32N4O5. The molecule has 170 valence electrons. The third kappa shape index (κ3) is 5.66. The normalized spacial score (nSPS) is 26.1. The number of hydrogen-bond donors (Lipinski definition) is 3. The second-order valence-corrected chi connectivity index (χ2v) is 8.43. The van der Waals surface area contributed by atoms with Crippen LogP contribution in [0.4, 0.5) is 4.79 Å². The predicted molar refractivity (Wildman–Crippen MR) is 115 cm³/mol. The van der Waals surface area contributed by atoms with Gasteiger partial charge in [-0.25, -0.2) is 4.79 Å². The summed E-state index contributed by atoms with van der Waals surface area (Å²) in [5.41, 5.74) is 1.18. The molecule has 0 radical (unpaired) electrons. The molecule has 1 aromatic carbocycles. The molecule has 9 heteroatoms. The molecule has 3 amide bonds. The molecule has 0 bridgehead atoms. The minimum Gasteiger partial charge on any atom is -0.497 e. The van der Waals surface area contributed by atoms with Crippen molar-refractivity contribution in [3.8, 4) is 5.75 Å². The van der Waals surface area contributed by atoms with Gasteiger partial charge >= 0.3 is 6.09 Å². The molecule has 1 heterocycles. The first-order valence-corrected chi connectivity index (χ1v) is 10.7. The Morgan fingerprint density at radius 1 is 1.19 bits per heavy atom. The number of ether oxygens (including phenoxy) is 1. The Bertz CT molecular complexity index is 800. The summed E-state index contributed by atoms with van der Waals surface area (Å²) in [6, 6.07) is 7.26. The molecule has 1 saturated carbocycles. The summed E-state index contributed by atoms with van der Waals surface area (Å²) in [6.45, 7) is 2.76. The van der Waals surface area contributed by atoms with E-state index in [2.05, 4.69) is 22.6 Å². The molecule has 3 rings (SSSR count). The van der Waals surface area contributed by atoms with E-state index in [1.165, 1.54) is 12.5 Å².